The average molecular weight is 173 g/mol. The lowest BCUT2D eigenvalue weighted by molar-refractivity contribution is 0.103. The summed E-state index contributed by atoms with van der Waals surface area (Å²) in [4.78, 5) is 0.628. The van der Waals surface area contributed by atoms with E-state index >= 15 is 0 Å². The first kappa shape index (κ1) is 8.94. The van der Waals surface area contributed by atoms with Crippen molar-refractivity contribution < 1.29 is 4.74 Å². The van der Waals surface area contributed by atoms with E-state index in [1.807, 2.05) is 0 Å². The molecule has 0 spiro atoms. The topological polar surface area (TPSA) is 35.2 Å². The third kappa shape index (κ3) is 3.68. The maximum absolute atomic E-state index is 5.45. The molecule has 2 nitrogen and oxygen atoms in total. The molecule has 0 amide bonds. The molecule has 1 heterocycles. The maximum Gasteiger partial charge on any atom is 0.0727 e. The molecule has 1 aliphatic rings. The lowest BCUT2D eigenvalue weighted by Crippen LogP contribution is -2.10. The zero-order valence-electron chi connectivity index (χ0n) is 6.71. The third-order valence-electron chi connectivity index (χ3n) is 1.97. The normalized spacial score (nSPS) is 23.8. The fourth-order valence-electron chi connectivity index (χ4n) is 1.38. The van der Waals surface area contributed by atoms with E-state index in [4.69, 9.17) is 22.7 Å². The highest BCUT2D eigenvalue weighted by Gasteiger charge is 2.14. The molecule has 64 valence electrons. The van der Waals surface area contributed by atoms with E-state index in [9.17, 15) is 0 Å². The monoisotopic (exact) mass is 173 g/mol. The minimum atomic E-state index is 0.490. The summed E-state index contributed by atoms with van der Waals surface area (Å²) >= 11 is 4.77. The molecule has 1 unspecified atom stereocenters. The van der Waals surface area contributed by atoms with Crippen molar-refractivity contribution in [3.8, 4) is 0 Å². The van der Waals surface area contributed by atoms with Crippen molar-refractivity contribution in [3.63, 3.8) is 0 Å². The predicted octanol–water partition coefficient (Wildman–Crippen LogP) is 1.62. The molecule has 1 rings (SSSR count). The molecule has 0 aromatic heterocycles. The van der Waals surface area contributed by atoms with Crippen LogP contribution in [0.4, 0.5) is 0 Å². The SMILES string of the molecule is NC(=S)CCCC1CCCO1. The number of thiocarbonyl (C=S) groups is 1. The zero-order chi connectivity index (χ0) is 8.10. The number of hydrogen-bond donors (Lipinski definition) is 1. The molecule has 0 aromatic carbocycles. The molecule has 1 aliphatic heterocycles. The van der Waals surface area contributed by atoms with Gasteiger partial charge in [0, 0.05) is 6.61 Å². The van der Waals surface area contributed by atoms with Crippen LogP contribution in [0.25, 0.3) is 0 Å². The van der Waals surface area contributed by atoms with Crippen molar-refractivity contribution >= 4 is 17.2 Å². The van der Waals surface area contributed by atoms with E-state index in [2.05, 4.69) is 0 Å². The van der Waals surface area contributed by atoms with Gasteiger partial charge in [-0.05, 0) is 32.1 Å². The smallest absolute Gasteiger partial charge is 0.0727 e. The van der Waals surface area contributed by atoms with Crippen LogP contribution in [0, 0.1) is 0 Å². The van der Waals surface area contributed by atoms with Gasteiger partial charge in [-0.2, -0.15) is 0 Å². The van der Waals surface area contributed by atoms with Gasteiger partial charge in [-0.15, -0.1) is 0 Å². The van der Waals surface area contributed by atoms with Crippen LogP contribution < -0.4 is 5.73 Å². The number of hydrogen-bond acceptors (Lipinski definition) is 2. The quantitative estimate of drug-likeness (QED) is 0.656. The van der Waals surface area contributed by atoms with Crippen LogP contribution in [0.15, 0.2) is 0 Å². The van der Waals surface area contributed by atoms with E-state index in [0.29, 0.717) is 11.1 Å². The van der Waals surface area contributed by atoms with Gasteiger partial charge in [-0.1, -0.05) is 12.2 Å². The van der Waals surface area contributed by atoms with Crippen LogP contribution in [-0.2, 0) is 4.74 Å². The van der Waals surface area contributed by atoms with Crippen molar-refractivity contribution in [2.75, 3.05) is 6.61 Å². The molecule has 2 N–H and O–H groups in total. The first-order valence-electron chi connectivity index (χ1n) is 4.19. The number of rotatable bonds is 4. The van der Waals surface area contributed by atoms with Crippen LogP contribution in [0.3, 0.4) is 0 Å². The standard InChI is InChI=1S/C8H15NOS/c9-8(11)5-1-3-7-4-2-6-10-7/h7H,1-6H2,(H2,9,11). The number of nitrogens with two attached hydrogens (primary N) is 1. The van der Waals surface area contributed by atoms with Crippen molar-refractivity contribution in [1.82, 2.24) is 0 Å². The Morgan fingerprint density at radius 3 is 3.00 bits per heavy atom. The Labute approximate surface area is 73.1 Å². The molecule has 0 radical (unpaired) electrons. The van der Waals surface area contributed by atoms with Gasteiger partial charge in [0.15, 0.2) is 0 Å². The summed E-state index contributed by atoms with van der Waals surface area (Å²) < 4.78 is 5.45. The summed E-state index contributed by atoms with van der Waals surface area (Å²) in [5, 5.41) is 0. The van der Waals surface area contributed by atoms with Gasteiger partial charge in [-0.3, -0.25) is 0 Å². The van der Waals surface area contributed by atoms with Crippen molar-refractivity contribution in [3.05, 3.63) is 0 Å². The van der Waals surface area contributed by atoms with Gasteiger partial charge in [-0.25, -0.2) is 0 Å². The molecule has 11 heavy (non-hydrogen) atoms. The molecule has 3 heteroatoms. The second-order valence-corrected chi connectivity index (χ2v) is 3.52. The van der Waals surface area contributed by atoms with Gasteiger partial charge in [0.25, 0.3) is 0 Å². The van der Waals surface area contributed by atoms with E-state index in [-0.39, 0.29) is 0 Å². The first-order valence-corrected chi connectivity index (χ1v) is 4.60. The van der Waals surface area contributed by atoms with Crippen LogP contribution in [-0.4, -0.2) is 17.7 Å². The highest BCUT2D eigenvalue weighted by atomic mass is 32.1. The van der Waals surface area contributed by atoms with Gasteiger partial charge in [0.1, 0.15) is 0 Å². The Balaban J connectivity index is 1.98. The fourth-order valence-corrected chi connectivity index (χ4v) is 1.52. The second kappa shape index (κ2) is 4.67. The Hall–Kier alpha value is -0.150. The fraction of sp³-hybridized carbons (Fsp3) is 0.875. The van der Waals surface area contributed by atoms with Crippen LogP contribution in [0.2, 0.25) is 0 Å². The minimum absolute atomic E-state index is 0.490. The molecule has 1 fully saturated rings. The lowest BCUT2D eigenvalue weighted by Gasteiger charge is -2.07. The highest BCUT2D eigenvalue weighted by molar-refractivity contribution is 7.80. The first-order chi connectivity index (χ1) is 5.29. The van der Waals surface area contributed by atoms with Gasteiger partial charge in [0.2, 0.25) is 0 Å². The van der Waals surface area contributed by atoms with Gasteiger partial charge >= 0.3 is 0 Å². The maximum atomic E-state index is 5.45. The summed E-state index contributed by atoms with van der Waals surface area (Å²) in [5.41, 5.74) is 5.37. The van der Waals surface area contributed by atoms with E-state index in [1.54, 1.807) is 0 Å². The highest BCUT2D eigenvalue weighted by Crippen LogP contribution is 2.17. The second-order valence-electron chi connectivity index (χ2n) is 2.99. The summed E-state index contributed by atoms with van der Waals surface area (Å²) in [6.45, 7) is 0.942. The lowest BCUT2D eigenvalue weighted by atomic mass is 10.1. The largest absolute Gasteiger partial charge is 0.393 e. The Morgan fingerprint density at radius 2 is 2.45 bits per heavy atom. The summed E-state index contributed by atoms with van der Waals surface area (Å²) in [7, 11) is 0. The van der Waals surface area contributed by atoms with Crippen molar-refractivity contribution in [2.24, 2.45) is 5.73 Å². The van der Waals surface area contributed by atoms with Crippen molar-refractivity contribution in [2.45, 2.75) is 38.2 Å². The Kier molecular flexibility index (Phi) is 3.80. The molecule has 1 atom stereocenters. The third-order valence-corrected chi connectivity index (χ3v) is 2.18. The molecule has 0 aromatic rings. The number of ether oxygens (including phenoxy) is 1. The Bertz CT molecular complexity index is 132. The van der Waals surface area contributed by atoms with Crippen molar-refractivity contribution in [1.29, 1.82) is 0 Å². The minimum Gasteiger partial charge on any atom is -0.393 e. The molecule has 0 bridgehead atoms. The predicted molar refractivity (Wildman–Crippen MR) is 49.6 cm³/mol. The van der Waals surface area contributed by atoms with Crippen LogP contribution in [0.1, 0.15) is 32.1 Å². The molecular weight excluding hydrogens is 158 g/mol. The average Bonchev–Trinajstić information content (AvgIpc) is 2.39. The molecule has 1 saturated heterocycles. The van der Waals surface area contributed by atoms with E-state index < -0.39 is 0 Å². The van der Waals surface area contributed by atoms with Gasteiger partial charge in [0.05, 0.1) is 11.1 Å². The van der Waals surface area contributed by atoms with Crippen LogP contribution >= 0.6 is 12.2 Å². The molecular formula is C8H15NOS. The molecule has 0 aliphatic carbocycles. The summed E-state index contributed by atoms with van der Waals surface area (Å²) in [5.74, 6) is 0. The zero-order valence-corrected chi connectivity index (χ0v) is 7.53. The molecule has 0 saturated carbocycles. The Morgan fingerprint density at radius 1 is 1.64 bits per heavy atom. The van der Waals surface area contributed by atoms with Crippen LogP contribution in [0.5, 0.6) is 0 Å². The van der Waals surface area contributed by atoms with E-state index in [1.165, 1.54) is 12.8 Å². The summed E-state index contributed by atoms with van der Waals surface area (Å²) in [6.07, 6.45) is 6.01. The van der Waals surface area contributed by atoms with E-state index in [0.717, 1.165) is 25.9 Å². The summed E-state index contributed by atoms with van der Waals surface area (Å²) in [6, 6.07) is 0. The van der Waals surface area contributed by atoms with Gasteiger partial charge < -0.3 is 10.5 Å².